The van der Waals surface area contributed by atoms with Crippen LogP contribution in [0, 0.1) is 20.2 Å². The molecule has 0 aliphatic carbocycles. The van der Waals surface area contributed by atoms with Gasteiger partial charge in [0.25, 0.3) is 17.3 Å². The number of carbonyl (C=O) groups excluding carboxylic acids is 1. The molecule has 1 saturated heterocycles. The predicted octanol–water partition coefficient (Wildman–Crippen LogP) is 4.56. The van der Waals surface area contributed by atoms with E-state index < -0.39 is 4.92 Å². The largest absolute Gasteiger partial charge is 0.457 e. The maximum absolute atomic E-state index is 12.5. The molecule has 0 unspecified atom stereocenters. The Hall–Kier alpha value is -4.45. The molecule has 1 fully saturated rings. The Kier molecular flexibility index (Phi) is 6.25. The Morgan fingerprint density at radius 2 is 1.67 bits per heavy atom. The number of amides is 1. The van der Waals surface area contributed by atoms with Crippen LogP contribution in [0.25, 0.3) is 17.4 Å². The van der Waals surface area contributed by atoms with Crippen LogP contribution in [0.15, 0.2) is 75.0 Å². The zero-order chi connectivity index (χ0) is 25.2. The highest BCUT2D eigenvalue weighted by Crippen LogP contribution is 2.34. The zero-order valence-electron chi connectivity index (χ0n) is 18.8. The molecule has 1 aromatic heterocycles. The van der Waals surface area contributed by atoms with E-state index in [1.54, 1.807) is 48.5 Å². The SMILES string of the molecule is O=C1N=C(N2CCN(c3ccccc3[N+](=O)[O-])CC2)S/C1=C/c1ccc(-c2cccc([N+](=O)[O-])c2)o1. The molecule has 0 spiro atoms. The minimum atomic E-state index is -0.469. The van der Waals surface area contributed by atoms with E-state index in [0.29, 0.717) is 59.0 Å². The highest BCUT2D eigenvalue weighted by atomic mass is 32.2. The molecule has 3 heterocycles. The van der Waals surface area contributed by atoms with Gasteiger partial charge >= 0.3 is 0 Å². The molecule has 0 atom stereocenters. The average molecular weight is 506 g/mol. The maximum Gasteiger partial charge on any atom is 0.292 e. The van der Waals surface area contributed by atoms with E-state index in [-0.39, 0.29) is 22.2 Å². The number of carbonyl (C=O) groups is 1. The van der Waals surface area contributed by atoms with Gasteiger partial charge in [-0.15, -0.1) is 0 Å². The molecule has 1 amide bonds. The van der Waals surface area contributed by atoms with Crippen LogP contribution in [-0.2, 0) is 4.79 Å². The lowest BCUT2D eigenvalue weighted by atomic mass is 10.1. The van der Waals surface area contributed by atoms with Crippen molar-refractivity contribution in [1.82, 2.24) is 4.90 Å². The van der Waals surface area contributed by atoms with Gasteiger partial charge in [-0.1, -0.05) is 24.3 Å². The van der Waals surface area contributed by atoms with Crippen LogP contribution in [0.1, 0.15) is 5.76 Å². The Morgan fingerprint density at radius 1 is 0.917 bits per heavy atom. The van der Waals surface area contributed by atoms with Gasteiger partial charge in [-0.25, -0.2) is 0 Å². The molecule has 0 radical (unpaired) electrons. The first-order chi connectivity index (χ1) is 17.4. The standard InChI is InChI=1S/C24H19N5O6S/c30-23-22(15-18-8-9-21(35-18)16-4-3-5-17(14-16)28(31)32)36-24(25-23)27-12-10-26(11-13-27)19-6-1-2-7-20(19)29(33)34/h1-9,14-15H,10-13H2/b22-15+. The third kappa shape index (κ3) is 4.70. The van der Waals surface area contributed by atoms with Crippen LogP contribution in [0.3, 0.4) is 0 Å². The summed E-state index contributed by atoms with van der Waals surface area (Å²) in [5.74, 6) is 0.516. The van der Waals surface area contributed by atoms with Crippen molar-refractivity contribution in [2.45, 2.75) is 0 Å². The summed E-state index contributed by atoms with van der Waals surface area (Å²) in [5.41, 5.74) is 1.18. The van der Waals surface area contributed by atoms with Crippen LogP contribution in [0.4, 0.5) is 17.1 Å². The van der Waals surface area contributed by atoms with E-state index in [9.17, 15) is 25.0 Å². The van der Waals surface area contributed by atoms with Crippen LogP contribution in [0.2, 0.25) is 0 Å². The fraction of sp³-hybridized carbons (Fsp3) is 0.167. The summed E-state index contributed by atoms with van der Waals surface area (Å²) < 4.78 is 5.80. The number of aliphatic imine (C=N–C) groups is 1. The molecule has 0 saturated carbocycles. The van der Waals surface area contributed by atoms with Gasteiger partial charge in [-0.05, 0) is 30.0 Å². The number of rotatable bonds is 5. The van der Waals surface area contributed by atoms with E-state index in [1.807, 2.05) is 9.80 Å². The quantitative estimate of drug-likeness (QED) is 0.278. The first-order valence-corrected chi connectivity index (χ1v) is 11.8. The Bertz CT molecular complexity index is 1420. The number of thioether (sulfide) groups is 1. The van der Waals surface area contributed by atoms with Crippen molar-refractivity contribution in [3.8, 4) is 11.3 Å². The Labute approximate surface area is 209 Å². The summed E-state index contributed by atoms with van der Waals surface area (Å²) in [7, 11) is 0. The van der Waals surface area contributed by atoms with Crippen molar-refractivity contribution >= 4 is 46.0 Å². The smallest absolute Gasteiger partial charge is 0.292 e. The lowest BCUT2D eigenvalue weighted by Gasteiger charge is -2.36. The zero-order valence-corrected chi connectivity index (χ0v) is 19.6. The van der Waals surface area contributed by atoms with Gasteiger partial charge in [-0.2, -0.15) is 4.99 Å². The van der Waals surface area contributed by atoms with Gasteiger partial charge in [0.2, 0.25) is 0 Å². The molecule has 0 bridgehead atoms. The third-order valence-electron chi connectivity index (χ3n) is 5.82. The molecule has 182 valence electrons. The number of piperazine rings is 1. The van der Waals surface area contributed by atoms with Gasteiger partial charge < -0.3 is 14.2 Å². The minimum absolute atomic E-state index is 0.0367. The highest BCUT2D eigenvalue weighted by molar-refractivity contribution is 8.18. The van der Waals surface area contributed by atoms with Gasteiger partial charge in [0, 0.05) is 56.0 Å². The predicted molar refractivity (Wildman–Crippen MR) is 136 cm³/mol. The van der Waals surface area contributed by atoms with Crippen molar-refractivity contribution in [2.24, 2.45) is 4.99 Å². The number of para-hydroxylation sites is 2. The molecule has 5 rings (SSSR count). The molecule has 0 N–H and O–H groups in total. The summed E-state index contributed by atoms with van der Waals surface area (Å²) in [6.07, 6.45) is 1.61. The normalized spacial score (nSPS) is 16.9. The number of furan rings is 1. The van der Waals surface area contributed by atoms with Crippen molar-refractivity contribution in [1.29, 1.82) is 0 Å². The number of amidine groups is 1. The molecule has 12 heteroatoms. The summed E-state index contributed by atoms with van der Waals surface area (Å²) in [4.78, 5) is 42.6. The second-order valence-electron chi connectivity index (χ2n) is 8.04. The number of nitrogens with zero attached hydrogens (tertiary/aromatic N) is 5. The second kappa shape index (κ2) is 9.66. The average Bonchev–Trinajstić information content (AvgIpc) is 3.51. The molecule has 3 aromatic rings. The number of benzene rings is 2. The molecular formula is C24H19N5O6S. The molecular weight excluding hydrogens is 486 g/mol. The lowest BCUT2D eigenvalue weighted by molar-refractivity contribution is -0.384. The van der Waals surface area contributed by atoms with Crippen LogP contribution >= 0.6 is 11.8 Å². The van der Waals surface area contributed by atoms with Crippen molar-refractivity contribution < 1.29 is 19.1 Å². The summed E-state index contributed by atoms with van der Waals surface area (Å²) in [5, 5.41) is 23.0. The van der Waals surface area contributed by atoms with Crippen molar-refractivity contribution in [3.05, 3.63) is 91.6 Å². The number of hydrogen-bond acceptors (Lipinski definition) is 9. The van der Waals surface area contributed by atoms with Crippen molar-refractivity contribution in [2.75, 3.05) is 31.1 Å². The lowest BCUT2D eigenvalue weighted by Crippen LogP contribution is -2.48. The van der Waals surface area contributed by atoms with E-state index >= 15 is 0 Å². The minimum Gasteiger partial charge on any atom is -0.457 e. The summed E-state index contributed by atoms with van der Waals surface area (Å²) in [6.45, 7) is 2.25. The van der Waals surface area contributed by atoms with E-state index in [4.69, 9.17) is 4.42 Å². The molecule has 2 aliphatic rings. The number of hydrogen-bond donors (Lipinski definition) is 0. The van der Waals surface area contributed by atoms with Crippen LogP contribution in [-0.4, -0.2) is 52.0 Å². The first kappa shape index (κ1) is 23.3. The van der Waals surface area contributed by atoms with Gasteiger partial charge in [0.1, 0.15) is 17.2 Å². The number of anilines is 1. The number of nitro groups is 2. The summed E-state index contributed by atoms with van der Waals surface area (Å²) in [6, 6.07) is 16.2. The van der Waals surface area contributed by atoms with Crippen LogP contribution in [0.5, 0.6) is 0 Å². The topological polar surface area (TPSA) is 135 Å². The molecule has 2 aromatic carbocycles. The molecule has 2 aliphatic heterocycles. The summed E-state index contributed by atoms with van der Waals surface area (Å²) >= 11 is 1.25. The second-order valence-corrected chi connectivity index (χ2v) is 9.05. The fourth-order valence-corrected chi connectivity index (χ4v) is 4.99. The van der Waals surface area contributed by atoms with E-state index in [1.165, 1.54) is 30.0 Å². The van der Waals surface area contributed by atoms with Crippen LogP contribution < -0.4 is 4.90 Å². The first-order valence-electron chi connectivity index (χ1n) is 11.0. The Morgan fingerprint density at radius 3 is 2.42 bits per heavy atom. The number of nitro benzene ring substituents is 2. The van der Waals surface area contributed by atoms with Crippen molar-refractivity contribution in [3.63, 3.8) is 0 Å². The molecule has 11 nitrogen and oxygen atoms in total. The van der Waals surface area contributed by atoms with Gasteiger partial charge in [0.15, 0.2) is 5.17 Å². The van der Waals surface area contributed by atoms with E-state index in [2.05, 4.69) is 4.99 Å². The van der Waals surface area contributed by atoms with Gasteiger partial charge in [0.05, 0.1) is 14.8 Å². The van der Waals surface area contributed by atoms with Gasteiger partial charge in [-0.3, -0.25) is 25.0 Å². The molecule has 36 heavy (non-hydrogen) atoms. The monoisotopic (exact) mass is 505 g/mol. The fourth-order valence-electron chi connectivity index (χ4n) is 4.05. The third-order valence-corrected chi connectivity index (χ3v) is 6.86. The number of non-ortho nitro benzene ring substituents is 1. The highest BCUT2D eigenvalue weighted by Gasteiger charge is 2.30. The maximum atomic E-state index is 12.5. The van der Waals surface area contributed by atoms with E-state index in [0.717, 1.165) is 0 Å². The Balaban J connectivity index is 1.25.